The van der Waals surface area contributed by atoms with E-state index in [1.807, 2.05) is 44.3 Å². The molecule has 0 aliphatic rings. The Morgan fingerprint density at radius 2 is 1.85 bits per heavy atom. The first kappa shape index (κ1) is 14.8. The number of hydrogen-bond donors (Lipinski definition) is 1. The van der Waals surface area contributed by atoms with Crippen molar-refractivity contribution < 1.29 is 4.74 Å². The predicted octanol–water partition coefficient (Wildman–Crippen LogP) is 3.65. The van der Waals surface area contributed by atoms with Gasteiger partial charge in [0.2, 0.25) is 0 Å². The zero-order valence-electron chi connectivity index (χ0n) is 12.0. The van der Waals surface area contributed by atoms with Gasteiger partial charge in [0.05, 0.1) is 12.8 Å². The summed E-state index contributed by atoms with van der Waals surface area (Å²) in [6, 6.07) is 7.84. The number of methoxy groups -OCH3 is 1. The molecule has 1 heterocycles. The molecule has 20 heavy (non-hydrogen) atoms. The molecule has 106 valence electrons. The van der Waals surface area contributed by atoms with Crippen LogP contribution in [0.25, 0.3) is 0 Å². The molecule has 0 bridgehead atoms. The van der Waals surface area contributed by atoms with E-state index in [1.54, 1.807) is 7.11 Å². The highest BCUT2D eigenvalue weighted by Gasteiger charge is 2.08. The van der Waals surface area contributed by atoms with Crippen LogP contribution in [0.3, 0.4) is 0 Å². The van der Waals surface area contributed by atoms with E-state index in [1.165, 1.54) is 5.56 Å². The molecular weight excluding hydrogens is 272 g/mol. The third-order valence-corrected chi connectivity index (χ3v) is 3.54. The average molecular weight is 291 g/mol. The molecule has 1 aromatic heterocycles. The number of pyridine rings is 1. The molecule has 0 saturated heterocycles. The van der Waals surface area contributed by atoms with Crippen LogP contribution >= 0.6 is 11.6 Å². The van der Waals surface area contributed by atoms with E-state index in [2.05, 4.69) is 10.3 Å². The number of hydrogen-bond acceptors (Lipinski definition) is 3. The monoisotopic (exact) mass is 290 g/mol. The van der Waals surface area contributed by atoms with Gasteiger partial charge in [-0.25, -0.2) is 0 Å². The number of aromatic nitrogens is 1. The van der Waals surface area contributed by atoms with Crippen molar-refractivity contribution in [1.29, 1.82) is 0 Å². The standard InChI is InChI=1S/C16H19ClN2O/c1-11-8-19-15(12(2)16(11)20-3)10-18-9-13-4-6-14(17)7-5-13/h4-8,18H,9-10H2,1-3H3. The summed E-state index contributed by atoms with van der Waals surface area (Å²) in [5.74, 6) is 0.920. The molecule has 3 nitrogen and oxygen atoms in total. The quantitative estimate of drug-likeness (QED) is 0.913. The molecule has 2 aromatic rings. The lowest BCUT2D eigenvalue weighted by Crippen LogP contribution is -2.15. The summed E-state index contributed by atoms with van der Waals surface area (Å²) in [7, 11) is 1.69. The van der Waals surface area contributed by atoms with Crippen molar-refractivity contribution in [3.8, 4) is 5.75 Å². The van der Waals surface area contributed by atoms with Crippen molar-refractivity contribution in [3.05, 3.63) is 57.9 Å². The van der Waals surface area contributed by atoms with Gasteiger partial charge in [0.25, 0.3) is 0 Å². The van der Waals surface area contributed by atoms with Crippen molar-refractivity contribution in [3.63, 3.8) is 0 Å². The van der Waals surface area contributed by atoms with E-state index in [-0.39, 0.29) is 0 Å². The summed E-state index contributed by atoms with van der Waals surface area (Å²) >= 11 is 5.87. The Bertz CT molecular complexity index is 582. The largest absolute Gasteiger partial charge is 0.496 e. The minimum atomic E-state index is 0.713. The van der Waals surface area contributed by atoms with Crippen molar-refractivity contribution in [2.75, 3.05) is 7.11 Å². The number of ether oxygens (including phenoxy) is 1. The minimum Gasteiger partial charge on any atom is -0.496 e. The molecule has 0 atom stereocenters. The maximum atomic E-state index is 5.87. The van der Waals surface area contributed by atoms with Crippen LogP contribution in [0.1, 0.15) is 22.4 Å². The number of benzene rings is 1. The molecular formula is C16H19ClN2O. The van der Waals surface area contributed by atoms with E-state index in [9.17, 15) is 0 Å². The van der Waals surface area contributed by atoms with Crippen LogP contribution < -0.4 is 10.1 Å². The second-order valence-corrected chi connectivity index (χ2v) is 5.21. The normalized spacial score (nSPS) is 10.6. The highest BCUT2D eigenvalue weighted by molar-refractivity contribution is 6.30. The summed E-state index contributed by atoms with van der Waals surface area (Å²) in [6.45, 7) is 5.54. The lowest BCUT2D eigenvalue weighted by molar-refractivity contribution is 0.406. The zero-order chi connectivity index (χ0) is 14.5. The second kappa shape index (κ2) is 6.73. The van der Waals surface area contributed by atoms with Crippen LogP contribution in [0.4, 0.5) is 0 Å². The molecule has 1 N–H and O–H groups in total. The molecule has 1 aromatic carbocycles. The number of nitrogens with zero attached hydrogens (tertiary/aromatic N) is 1. The third kappa shape index (κ3) is 3.50. The van der Waals surface area contributed by atoms with Gasteiger partial charge in [-0.2, -0.15) is 0 Å². The van der Waals surface area contributed by atoms with Gasteiger partial charge >= 0.3 is 0 Å². The third-order valence-electron chi connectivity index (χ3n) is 3.28. The van der Waals surface area contributed by atoms with Crippen molar-refractivity contribution in [2.24, 2.45) is 0 Å². The van der Waals surface area contributed by atoms with Crippen LogP contribution in [-0.2, 0) is 13.1 Å². The van der Waals surface area contributed by atoms with Gasteiger partial charge in [-0.05, 0) is 31.5 Å². The van der Waals surface area contributed by atoms with E-state index >= 15 is 0 Å². The molecule has 0 aliphatic carbocycles. The Balaban J connectivity index is 1.99. The predicted molar refractivity (Wildman–Crippen MR) is 82.3 cm³/mol. The maximum absolute atomic E-state index is 5.87. The lowest BCUT2D eigenvalue weighted by atomic mass is 10.1. The van der Waals surface area contributed by atoms with Crippen LogP contribution in [-0.4, -0.2) is 12.1 Å². The van der Waals surface area contributed by atoms with Gasteiger partial charge < -0.3 is 10.1 Å². The molecule has 0 amide bonds. The SMILES string of the molecule is COc1c(C)cnc(CNCc2ccc(Cl)cc2)c1C. The van der Waals surface area contributed by atoms with Gasteiger partial charge in [-0.1, -0.05) is 23.7 Å². The Morgan fingerprint density at radius 1 is 1.15 bits per heavy atom. The van der Waals surface area contributed by atoms with E-state index < -0.39 is 0 Å². The van der Waals surface area contributed by atoms with Gasteiger partial charge in [0.15, 0.2) is 0 Å². The fourth-order valence-corrected chi connectivity index (χ4v) is 2.30. The Morgan fingerprint density at radius 3 is 2.50 bits per heavy atom. The zero-order valence-corrected chi connectivity index (χ0v) is 12.8. The summed E-state index contributed by atoms with van der Waals surface area (Å²) in [6.07, 6.45) is 1.85. The number of rotatable bonds is 5. The average Bonchev–Trinajstić information content (AvgIpc) is 2.44. The fourth-order valence-electron chi connectivity index (χ4n) is 2.18. The topological polar surface area (TPSA) is 34.1 Å². The summed E-state index contributed by atoms with van der Waals surface area (Å²) in [5.41, 5.74) is 4.37. The van der Waals surface area contributed by atoms with Crippen molar-refractivity contribution in [1.82, 2.24) is 10.3 Å². The first-order valence-electron chi connectivity index (χ1n) is 6.56. The van der Waals surface area contributed by atoms with Gasteiger partial charge in [-0.3, -0.25) is 4.98 Å². The Hall–Kier alpha value is -1.58. The molecule has 0 spiro atoms. The summed E-state index contributed by atoms with van der Waals surface area (Å²) in [4.78, 5) is 4.47. The van der Waals surface area contributed by atoms with Crippen molar-refractivity contribution in [2.45, 2.75) is 26.9 Å². The van der Waals surface area contributed by atoms with Crippen LogP contribution in [0, 0.1) is 13.8 Å². The van der Waals surface area contributed by atoms with E-state index in [4.69, 9.17) is 16.3 Å². The van der Waals surface area contributed by atoms with E-state index in [0.717, 1.165) is 34.1 Å². The maximum Gasteiger partial charge on any atom is 0.128 e. The molecule has 0 saturated carbocycles. The van der Waals surface area contributed by atoms with Gasteiger partial charge in [0.1, 0.15) is 5.75 Å². The van der Waals surface area contributed by atoms with Gasteiger partial charge in [0, 0.05) is 35.4 Å². The van der Waals surface area contributed by atoms with Crippen LogP contribution in [0.15, 0.2) is 30.5 Å². The molecule has 0 radical (unpaired) electrons. The number of aryl methyl sites for hydroxylation is 1. The number of halogens is 1. The molecule has 0 aliphatic heterocycles. The first-order valence-corrected chi connectivity index (χ1v) is 6.94. The smallest absolute Gasteiger partial charge is 0.128 e. The van der Waals surface area contributed by atoms with Crippen LogP contribution in [0.2, 0.25) is 5.02 Å². The Kier molecular flexibility index (Phi) is 4.99. The fraction of sp³-hybridized carbons (Fsp3) is 0.312. The minimum absolute atomic E-state index is 0.713. The molecule has 2 rings (SSSR count). The first-order chi connectivity index (χ1) is 9.61. The lowest BCUT2D eigenvalue weighted by Gasteiger charge is -2.12. The highest BCUT2D eigenvalue weighted by Crippen LogP contribution is 2.23. The number of nitrogens with one attached hydrogen (secondary N) is 1. The molecule has 4 heteroatoms. The summed E-state index contributed by atoms with van der Waals surface area (Å²) < 4.78 is 5.41. The van der Waals surface area contributed by atoms with Gasteiger partial charge in [-0.15, -0.1) is 0 Å². The second-order valence-electron chi connectivity index (χ2n) is 4.78. The van der Waals surface area contributed by atoms with Crippen LogP contribution in [0.5, 0.6) is 5.75 Å². The molecule has 0 unspecified atom stereocenters. The highest BCUT2D eigenvalue weighted by atomic mass is 35.5. The van der Waals surface area contributed by atoms with E-state index in [0.29, 0.717) is 6.54 Å². The Labute approximate surface area is 124 Å². The van der Waals surface area contributed by atoms with Crippen molar-refractivity contribution >= 4 is 11.6 Å². The molecule has 0 fully saturated rings. The summed E-state index contributed by atoms with van der Waals surface area (Å²) in [5, 5.41) is 4.15.